The minimum atomic E-state index is -0.663. The van der Waals surface area contributed by atoms with Crippen LogP contribution in [0.25, 0.3) is 0 Å². The molecule has 2 N–H and O–H groups in total. The Bertz CT molecular complexity index is 396. The molecule has 5 nitrogen and oxygen atoms in total. The summed E-state index contributed by atoms with van der Waals surface area (Å²) in [5.74, 6) is -0.423. The standard InChI is InChI=1S/C9H8N2O3/c1-14-6-2-3-8(12)7(4-6)9(13)11-5-10/h2-4,12H,1H3,(H,11,13). The number of methoxy groups -OCH3 is 1. The first-order valence-corrected chi connectivity index (χ1v) is 3.75. The van der Waals surface area contributed by atoms with Crippen LogP contribution in [0.3, 0.4) is 0 Å². The van der Waals surface area contributed by atoms with Gasteiger partial charge in [0.1, 0.15) is 11.5 Å². The summed E-state index contributed by atoms with van der Waals surface area (Å²) in [4.78, 5) is 11.2. The van der Waals surface area contributed by atoms with Gasteiger partial charge in [0.2, 0.25) is 0 Å². The molecule has 0 aliphatic rings. The number of carbonyl (C=O) groups excluding carboxylic acids is 1. The van der Waals surface area contributed by atoms with E-state index in [9.17, 15) is 9.90 Å². The third-order valence-electron chi connectivity index (χ3n) is 1.62. The van der Waals surface area contributed by atoms with Crippen molar-refractivity contribution in [2.75, 3.05) is 7.11 Å². The zero-order valence-corrected chi connectivity index (χ0v) is 7.44. The zero-order chi connectivity index (χ0) is 10.6. The third-order valence-corrected chi connectivity index (χ3v) is 1.62. The molecule has 72 valence electrons. The van der Waals surface area contributed by atoms with Crippen molar-refractivity contribution in [3.05, 3.63) is 23.8 Å². The molecule has 1 rings (SSSR count). The molecule has 5 heteroatoms. The molecule has 0 aliphatic carbocycles. The quantitative estimate of drug-likeness (QED) is 0.531. The molecular weight excluding hydrogens is 184 g/mol. The molecular formula is C9H8N2O3. The summed E-state index contributed by atoms with van der Waals surface area (Å²) < 4.78 is 4.86. The van der Waals surface area contributed by atoms with Gasteiger partial charge in [-0.2, -0.15) is 5.26 Å². The summed E-state index contributed by atoms with van der Waals surface area (Å²) in [6, 6.07) is 4.19. The number of benzene rings is 1. The van der Waals surface area contributed by atoms with Crippen molar-refractivity contribution < 1.29 is 14.6 Å². The zero-order valence-electron chi connectivity index (χ0n) is 7.44. The van der Waals surface area contributed by atoms with E-state index in [4.69, 9.17) is 10.00 Å². The fraction of sp³-hybridized carbons (Fsp3) is 0.111. The van der Waals surface area contributed by atoms with Crippen LogP contribution in [0.1, 0.15) is 10.4 Å². The minimum absolute atomic E-state index is 0.00546. The Labute approximate surface area is 80.5 Å². The molecule has 14 heavy (non-hydrogen) atoms. The number of nitrogens with zero attached hydrogens (tertiary/aromatic N) is 1. The number of nitriles is 1. The van der Waals surface area contributed by atoms with Crippen molar-refractivity contribution in [1.82, 2.24) is 5.32 Å². The molecule has 0 atom stereocenters. The van der Waals surface area contributed by atoms with Gasteiger partial charge in [0.05, 0.1) is 12.7 Å². The monoisotopic (exact) mass is 192 g/mol. The molecule has 0 heterocycles. The fourth-order valence-electron chi connectivity index (χ4n) is 0.942. The van der Waals surface area contributed by atoms with Gasteiger partial charge in [0.25, 0.3) is 5.91 Å². The lowest BCUT2D eigenvalue weighted by atomic mass is 10.2. The number of aromatic hydroxyl groups is 1. The maximum atomic E-state index is 11.2. The van der Waals surface area contributed by atoms with Gasteiger partial charge in [-0.05, 0) is 18.2 Å². The first kappa shape index (κ1) is 9.86. The van der Waals surface area contributed by atoms with E-state index in [0.29, 0.717) is 5.75 Å². The maximum Gasteiger partial charge on any atom is 0.268 e. The van der Waals surface area contributed by atoms with E-state index in [1.165, 1.54) is 31.5 Å². The topological polar surface area (TPSA) is 82.3 Å². The van der Waals surface area contributed by atoms with Gasteiger partial charge in [-0.25, -0.2) is 0 Å². The third kappa shape index (κ3) is 1.93. The second-order valence-corrected chi connectivity index (χ2v) is 2.45. The van der Waals surface area contributed by atoms with Crippen LogP contribution in [0.2, 0.25) is 0 Å². The van der Waals surface area contributed by atoms with Crippen LogP contribution in [0.15, 0.2) is 18.2 Å². The highest BCUT2D eigenvalue weighted by Crippen LogP contribution is 2.22. The second-order valence-electron chi connectivity index (χ2n) is 2.45. The Balaban J connectivity index is 3.07. The first-order valence-electron chi connectivity index (χ1n) is 3.75. The molecule has 0 saturated heterocycles. The van der Waals surface area contributed by atoms with Crippen LogP contribution in [0.5, 0.6) is 11.5 Å². The predicted molar refractivity (Wildman–Crippen MR) is 47.7 cm³/mol. The number of ether oxygens (including phenoxy) is 1. The number of phenolic OH excluding ortho intramolecular Hbond substituents is 1. The summed E-state index contributed by atoms with van der Waals surface area (Å²) in [5.41, 5.74) is 0.00546. The Kier molecular flexibility index (Phi) is 2.92. The highest BCUT2D eigenvalue weighted by atomic mass is 16.5. The van der Waals surface area contributed by atoms with Gasteiger partial charge < -0.3 is 9.84 Å². The van der Waals surface area contributed by atoms with Crippen LogP contribution >= 0.6 is 0 Å². The van der Waals surface area contributed by atoms with Gasteiger partial charge in [0, 0.05) is 0 Å². The van der Waals surface area contributed by atoms with E-state index in [-0.39, 0.29) is 11.3 Å². The Morgan fingerprint density at radius 1 is 1.64 bits per heavy atom. The van der Waals surface area contributed by atoms with Gasteiger partial charge in [-0.1, -0.05) is 0 Å². The van der Waals surface area contributed by atoms with Crippen molar-refractivity contribution in [1.29, 1.82) is 5.26 Å². The van der Waals surface area contributed by atoms with Crippen LogP contribution in [-0.4, -0.2) is 18.1 Å². The summed E-state index contributed by atoms with van der Waals surface area (Å²) in [6.45, 7) is 0. The molecule has 1 amide bonds. The molecule has 0 bridgehead atoms. The van der Waals surface area contributed by atoms with Crippen LogP contribution in [-0.2, 0) is 0 Å². The van der Waals surface area contributed by atoms with Gasteiger partial charge in [-0.15, -0.1) is 0 Å². The summed E-state index contributed by atoms with van der Waals surface area (Å²) in [7, 11) is 1.44. The minimum Gasteiger partial charge on any atom is -0.507 e. The highest BCUT2D eigenvalue weighted by Gasteiger charge is 2.11. The number of amides is 1. The van der Waals surface area contributed by atoms with Crippen LogP contribution in [0, 0.1) is 11.5 Å². The number of hydrogen-bond acceptors (Lipinski definition) is 4. The Morgan fingerprint density at radius 3 is 2.93 bits per heavy atom. The van der Waals surface area contributed by atoms with E-state index < -0.39 is 5.91 Å². The summed E-state index contributed by atoms with van der Waals surface area (Å²) in [6.07, 6.45) is 1.48. The number of phenols is 1. The van der Waals surface area contributed by atoms with E-state index in [0.717, 1.165) is 0 Å². The van der Waals surface area contributed by atoms with E-state index in [1.54, 1.807) is 0 Å². The Hall–Kier alpha value is -2.22. The highest BCUT2D eigenvalue weighted by molar-refractivity contribution is 5.98. The smallest absolute Gasteiger partial charge is 0.268 e. The van der Waals surface area contributed by atoms with Crippen LogP contribution < -0.4 is 10.1 Å². The van der Waals surface area contributed by atoms with Crippen LogP contribution in [0.4, 0.5) is 0 Å². The van der Waals surface area contributed by atoms with Crippen molar-refractivity contribution >= 4 is 5.91 Å². The fourth-order valence-corrected chi connectivity index (χ4v) is 0.942. The summed E-state index contributed by atoms with van der Waals surface area (Å²) >= 11 is 0. The largest absolute Gasteiger partial charge is 0.507 e. The molecule has 0 aromatic heterocycles. The van der Waals surface area contributed by atoms with E-state index >= 15 is 0 Å². The van der Waals surface area contributed by atoms with E-state index in [1.807, 2.05) is 5.32 Å². The lowest BCUT2D eigenvalue weighted by Crippen LogP contribution is -2.17. The molecule has 0 radical (unpaired) electrons. The van der Waals surface area contributed by atoms with Gasteiger partial charge >= 0.3 is 0 Å². The van der Waals surface area contributed by atoms with Gasteiger partial charge in [0.15, 0.2) is 6.19 Å². The number of carbonyl (C=O) groups is 1. The van der Waals surface area contributed by atoms with Crippen molar-refractivity contribution in [3.63, 3.8) is 0 Å². The Morgan fingerprint density at radius 2 is 2.36 bits per heavy atom. The summed E-state index contributed by atoms with van der Waals surface area (Å²) in [5, 5.41) is 19.4. The molecule has 1 aromatic carbocycles. The lowest BCUT2D eigenvalue weighted by Gasteiger charge is -2.04. The second kappa shape index (κ2) is 4.14. The first-order chi connectivity index (χ1) is 6.69. The van der Waals surface area contributed by atoms with Crippen molar-refractivity contribution in [2.45, 2.75) is 0 Å². The molecule has 0 spiro atoms. The van der Waals surface area contributed by atoms with Crippen molar-refractivity contribution in [3.8, 4) is 17.7 Å². The molecule has 1 aromatic rings. The van der Waals surface area contributed by atoms with E-state index in [2.05, 4.69) is 0 Å². The molecule has 0 fully saturated rings. The number of rotatable bonds is 2. The molecule has 0 aliphatic heterocycles. The SMILES string of the molecule is COc1ccc(O)c(C(=O)NC#N)c1. The normalized spacial score (nSPS) is 8.86. The van der Waals surface area contributed by atoms with Gasteiger partial charge in [-0.3, -0.25) is 10.1 Å². The lowest BCUT2D eigenvalue weighted by molar-refractivity contribution is 0.0970. The molecule has 0 unspecified atom stereocenters. The average Bonchev–Trinajstić information content (AvgIpc) is 2.19. The van der Waals surface area contributed by atoms with Crippen molar-refractivity contribution in [2.24, 2.45) is 0 Å². The maximum absolute atomic E-state index is 11.2. The predicted octanol–water partition coefficient (Wildman–Crippen LogP) is 0.612. The molecule has 0 saturated carbocycles. The average molecular weight is 192 g/mol. The number of nitrogens with one attached hydrogen (secondary N) is 1. The number of hydrogen-bond donors (Lipinski definition) is 2.